The SMILES string of the molecule is NC=O.O=C1CCCCC1. The summed E-state index contributed by atoms with van der Waals surface area (Å²) >= 11 is 0. The molecule has 1 rings (SSSR count). The van der Waals surface area contributed by atoms with Crippen molar-refractivity contribution < 1.29 is 9.59 Å². The minimum atomic E-state index is 0.250. The highest BCUT2D eigenvalue weighted by Gasteiger charge is 2.05. The molecule has 0 atom stereocenters. The number of hydrogen-bond donors (Lipinski definition) is 1. The molecule has 1 aliphatic carbocycles. The maximum atomic E-state index is 10.5. The highest BCUT2D eigenvalue weighted by molar-refractivity contribution is 5.78. The zero-order chi connectivity index (χ0) is 7.82. The molecule has 10 heavy (non-hydrogen) atoms. The third-order valence-corrected chi connectivity index (χ3v) is 1.41. The van der Waals surface area contributed by atoms with E-state index in [-0.39, 0.29) is 6.41 Å². The first-order chi connectivity index (χ1) is 4.81. The maximum Gasteiger partial charge on any atom is 0.204 e. The lowest BCUT2D eigenvalue weighted by Gasteiger charge is -2.05. The van der Waals surface area contributed by atoms with Gasteiger partial charge in [-0.2, -0.15) is 0 Å². The van der Waals surface area contributed by atoms with E-state index in [0.29, 0.717) is 5.78 Å². The Hall–Kier alpha value is -0.860. The number of primary amides is 1. The van der Waals surface area contributed by atoms with Crippen molar-refractivity contribution in [3.8, 4) is 0 Å². The second-order valence-electron chi connectivity index (χ2n) is 2.24. The van der Waals surface area contributed by atoms with Gasteiger partial charge in [-0.25, -0.2) is 0 Å². The molecule has 0 bridgehead atoms. The summed E-state index contributed by atoms with van der Waals surface area (Å²) in [5.41, 5.74) is 4.17. The van der Waals surface area contributed by atoms with Gasteiger partial charge in [-0.1, -0.05) is 6.42 Å². The van der Waals surface area contributed by atoms with Crippen molar-refractivity contribution in [2.45, 2.75) is 32.1 Å². The second kappa shape index (κ2) is 6.26. The highest BCUT2D eigenvalue weighted by atomic mass is 16.1. The van der Waals surface area contributed by atoms with Crippen LogP contribution in [0.25, 0.3) is 0 Å². The predicted octanol–water partition coefficient (Wildman–Crippen LogP) is 0.621. The van der Waals surface area contributed by atoms with Crippen LogP contribution in [0.5, 0.6) is 0 Å². The highest BCUT2D eigenvalue weighted by Crippen LogP contribution is 2.12. The first kappa shape index (κ1) is 9.14. The standard InChI is InChI=1S/C6H10O.CH3NO/c7-6-4-2-1-3-5-6;2-1-3/h1-5H2;1H,(H2,2,3). The zero-order valence-electron chi connectivity index (χ0n) is 6.01. The molecule has 3 nitrogen and oxygen atoms in total. The number of carbonyl (C=O) groups is 2. The van der Waals surface area contributed by atoms with Gasteiger partial charge in [-0.3, -0.25) is 9.59 Å². The summed E-state index contributed by atoms with van der Waals surface area (Å²) in [4.78, 5) is 19.0. The van der Waals surface area contributed by atoms with Gasteiger partial charge in [-0.05, 0) is 12.8 Å². The largest absolute Gasteiger partial charge is 0.372 e. The Morgan fingerprint density at radius 2 is 1.60 bits per heavy atom. The number of Topliss-reactive ketones (excluding diaryl/α,β-unsaturated/α-hetero) is 1. The van der Waals surface area contributed by atoms with Crippen LogP contribution in [0, 0.1) is 0 Å². The van der Waals surface area contributed by atoms with E-state index in [9.17, 15) is 4.79 Å². The van der Waals surface area contributed by atoms with E-state index in [1.165, 1.54) is 6.42 Å². The molecule has 0 spiro atoms. The van der Waals surface area contributed by atoms with Crippen LogP contribution in [0.4, 0.5) is 0 Å². The minimum Gasteiger partial charge on any atom is -0.372 e. The van der Waals surface area contributed by atoms with Crippen LogP contribution in [0.3, 0.4) is 0 Å². The number of nitrogens with two attached hydrogens (primary N) is 1. The molecule has 1 fully saturated rings. The summed E-state index contributed by atoms with van der Waals surface area (Å²) in [5, 5.41) is 0. The molecule has 58 valence electrons. The molecule has 3 heteroatoms. The minimum absolute atomic E-state index is 0.250. The van der Waals surface area contributed by atoms with Crippen molar-refractivity contribution in [3.05, 3.63) is 0 Å². The molecule has 0 aliphatic heterocycles. The Labute approximate surface area is 60.6 Å². The Morgan fingerprint density at radius 1 is 1.20 bits per heavy atom. The second-order valence-corrected chi connectivity index (χ2v) is 2.24. The van der Waals surface area contributed by atoms with Crippen LogP contribution in [-0.2, 0) is 9.59 Å². The molecule has 0 radical (unpaired) electrons. The molecule has 0 unspecified atom stereocenters. The average molecular weight is 143 g/mol. The molecule has 2 N–H and O–H groups in total. The van der Waals surface area contributed by atoms with Crippen LogP contribution in [-0.4, -0.2) is 12.2 Å². The number of amides is 1. The molecule has 0 aromatic rings. The molecule has 0 aromatic heterocycles. The van der Waals surface area contributed by atoms with Gasteiger partial charge in [-0.15, -0.1) is 0 Å². The van der Waals surface area contributed by atoms with E-state index in [1.54, 1.807) is 0 Å². The third-order valence-electron chi connectivity index (χ3n) is 1.41. The lowest BCUT2D eigenvalue weighted by molar-refractivity contribution is -0.120. The summed E-state index contributed by atoms with van der Waals surface area (Å²) in [5.74, 6) is 0.464. The van der Waals surface area contributed by atoms with Gasteiger partial charge in [0, 0.05) is 12.8 Å². The Kier molecular flexibility index (Phi) is 5.72. The van der Waals surface area contributed by atoms with Crippen molar-refractivity contribution in [1.29, 1.82) is 0 Å². The summed E-state index contributed by atoms with van der Waals surface area (Å²) in [6, 6.07) is 0. The lowest BCUT2D eigenvalue weighted by Crippen LogP contribution is -2.02. The molecule has 0 heterocycles. The van der Waals surface area contributed by atoms with Gasteiger partial charge in [0.2, 0.25) is 6.41 Å². The van der Waals surface area contributed by atoms with Gasteiger partial charge in [0.1, 0.15) is 5.78 Å². The van der Waals surface area contributed by atoms with Gasteiger partial charge >= 0.3 is 0 Å². The number of rotatable bonds is 0. The monoisotopic (exact) mass is 143 g/mol. The third kappa shape index (κ3) is 5.28. The summed E-state index contributed by atoms with van der Waals surface area (Å²) < 4.78 is 0. The first-order valence-electron chi connectivity index (χ1n) is 3.48. The Balaban J connectivity index is 0.000000236. The summed E-state index contributed by atoms with van der Waals surface area (Å²) in [6.45, 7) is 0. The van der Waals surface area contributed by atoms with E-state index >= 15 is 0 Å². The maximum absolute atomic E-state index is 10.5. The predicted molar refractivity (Wildman–Crippen MR) is 38.3 cm³/mol. The van der Waals surface area contributed by atoms with E-state index in [0.717, 1.165) is 25.7 Å². The average Bonchev–Trinajstić information content (AvgIpc) is 1.91. The molecule has 0 aromatic carbocycles. The number of carbonyl (C=O) groups excluding carboxylic acids is 2. The van der Waals surface area contributed by atoms with Crippen molar-refractivity contribution >= 4 is 12.2 Å². The van der Waals surface area contributed by atoms with Crippen molar-refractivity contribution in [2.75, 3.05) is 0 Å². The molecular formula is C7H13NO2. The summed E-state index contributed by atoms with van der Waals surface area (Å²) in [6.07, 6.45) is 5.49. The van der Waals surface area contributed by atoms with E-state index in [4.69, 9.17) is 4.79 Å². The van der Waals surface area contributed by atoms with Gasteiger partial charge in [0.05, 0.1) is 0 Å². The van der Waals surface area contributed by atoms with Crippen LogP contribution in [0.2, 0.25) is 0 Å². The lowest BCUT2D eigenvalue weighted by atomic mass is 10.00. The van der Waals surface area contributed by atoms with Crippen molar-refractivity contribution in [1.82, 2.24) is 0 Å². The fourth-order valence-electron chi connectivity index (χ4n) is 0.946. The van der Waals surface area contributed by atoms with E-state index in [2.05, 4.69) is 5.73 Å². The van der Waals surface area contributed by atoms with Crippen LogP contribution in [0.1, 0.15) is 32.1 Å². The molecule has 1 saturated carbocycles. The molecule has 1 amide bonds. The number of ketones is 1. The smallest absolute Gasteiger partial charge is 0.204 e. The van der Waals surface area contributed by atoms with Crippen LogP contribution < -0.4 is 5.73 Å². The van der Waals surface area contributed by atoms with Crippen molar-refractivity contribution in [2.24, 2.45) is 5.73 Å². The van der Waals surface area contributed by atoms with E-state index < -0.39 is 0 Å². The topological polar surface area (TPSA) is 60.2 Å². The zero-order valence-corrected chi connectivity index (χ0v) is 6.01. The quantitative estimate of drug-likeness (QED) is 0.505. The fraction of sp³-hybridized carbons (Fsp3) is 0.714. The van der Waals surface area contributed by atoms with Crippen LogP contribution in [0.15, 0.2) is 0 Å². The normalized spacial score (nSPS) is 17.0. The molecule has 1 aliphatic rings. The Bertz CT molecular complexity index is 104. The fourth-order valence-corrected chi connectivity index (χ4v) is 0.946. The van der Waals surface area contributed by atoms with Crippen LogP contribution >= 0.6 is 0 Å². The Morgan fingerprint density at radius 3 is 1.80 bits per heavy atom. The van der Waals surface area contributed by atoms with Gasteiger partial charge in [0.25, 0.3) is 0 Å². The first-order valence-corrected chi connectivity index (χ1v) is 3.48. The summed E-state index contributed by atoms with van der Waals surface area (Å²) in [7, 11) is 0. The van der Waals surface area contributed by atoms with Gasteiger partial charge in [0.15, 0.2) is 0 Å². The van der Waals surface area contributed by atoms with E-state index in [1.807, 2.05) is 0 Å². The van der Waals surface area contributed by atoms with Crippen molar-refractivity contribution in [3.63, 3.8) is 0 Å². The molecule has 0 saturated heterocycles. The van der Waals surface area contributed by atoms with Gasteiger partial charge < -0.3 is 5.73 Å². The number of hydrogen-bond acceptors (Lipinski definition) is 2. The molecular weight excluding hydrogens is 130 g/mol.